The van der Waals surface area contributed by atoms with Crippen molar-refractivity contribution < 1.29 is 15.0 Å². The summed E-state index contributed by atoms with van der Waals surface area (Å²) in [5.74, 6) is -0.160. The van der Waals surface area contributed by atoms with Crippen LogP contribution in [0.2, 0.25) is 0 Å². The summed E-state index contributed by atoms with van der Waals surface area (Å²) in [4.78, 5) is 11.7. The molecule has 1 aliphatic carbocycles. The minimum absolute atomic E-state index is 0.0608. The minimum Gasteiger partial charge on any atom is -0.394 e. The van der Waals surface area contributed by atoms with E-state index in [-0.39, 0.29) is 31.1 Å². The molecule has 0 aromatic heterocycles. The zero-order valence-electron chi connectivity index (χ0n) is 8.85. The number of nitrogens with two attached hydrogens (primary N) is 1. The van der Waals surface area contributed by atoms with Crippen LogP contribution in [0.5, 0.6) is 0 Å². The van der Waals surface area contributed by atoms with Crippen molar-refractivity contribution in [3.63, 3.8) is 0 Å². The van der Waals surface area contributed by atoms with E-state index in [1.54, 1.807) is 0 Å². The van der Waals surface area contributed by atoms with Crippen molar-refractivity contribution in [1.29, 1.82) is 0 Å². The van der Waals surface area contributed by atoms with Gasteiger partial charge in [-0.05, 0) is 19.3 Å². The highest BCUT2D eigenvalue weighted by Crippen LogP contribution is 2.23. The molecule has 88 valence electrons. The number of nitrogens with one attached hydrogen (secondary N) is 1. The molecule has 15 heavy (non-hydrogen) atoms. The maximum absolute atomic E-state index is 11.7. The van der Waals surface area contributed by atoms with Crippen molar-refractivity contribution in [2.24, 2.45) is 11.7 Å². The Hall–Kier alpha value is -0.650. The van der Waals surface area contributed by atoms with Gasteiger partial charge < -0.3 is 21.3 Å². The van der Waals surface area contributed by atoms with Gasteiger partial charge in [0, 0.05) is 12.0 Å². The minimum atomic E-state index is -0.546. The van der Waals surface area contributed by atoms with Crippen LogP contribution in [-0.2, 0) is 4.79 Å². The number of hydrogen-bond acceptors (Lipinski definition) is 4. The number of amides is 1. The number of carbonyl (C=O) groups is 1. The molecule has 5 heteroatoms. The van der Waals surface area contributed by atoms with E-state index in [9.17, 15) is 4.79 Å². The molecule has 1 amide bonds. The number of hydrogen-bond donors (Lipinski definition) is 4. The summed E-state index contributed by atoms with van der Waals surface area (Å²) >= 11 is 0. The van der Waals surface area contributed by atoms with Crippen LogP contribution in [0.4, 0.5) is 0 Å². The smallest absolute Gasteiger partial charge is 0.223 e. The van der Waals surface area contributed by atoms with Gasteiger partial charge in [-0.3, -0.25) is 4.79 Å². The van der Waals surface area contributed by atoms with Crippen LogP contribution in [0.25, 0.3) is 0 Å². The van der Waals surface area contributed by atoms with Gasteiger partial charge in [-0.1, -0.05) is 6.42 Å². The molecule has 5 N–H and O–H groups in total. The van der Waals surface area contributed by atoms with Crippen molar-refractivity contribution in [3.8, 4) is 0 Å². The predicted octanol–water partition coefficient (Wildman–Crippen LogP) is -1.03. The summed E-state index contributed by atoms with van der Waals surface area (Å²) in [6.07, 6.45) is 3.51. The number of aliphatic hydroxyl groups is 2. The molecule has 1 saturated carbocycles. The van der Waals surface area contributed by atoms with Gasteiger partial charge in [0.15, 0.2) is 0 Å². The van der Waals surface area contributed by atoms with Crippen LogP contribution in [0.15, 0.2) is 0 Å². The summed E-state index contributed by atoms with van der Waals surface area (Å²) in [6.45, 7) is -0.470. The lowest BCUT2D eigenvalue weighted by Crippen LogP contribution is -2.45. The Balaban J connectivity index is 2.38. The van der Waals surface area contributed by atoms with Crippen LogP contribution in [-0.4, -0.2) is 41.4 Å². The van der Waals surface area contributed by atoms with Crippen LogP contribution in [0.3, 0.4) is 0 Å². The lowest BCUT2D eigenvalue weighted by Gasteiger charge is -2.27. The molecule has 0 heterocycles. The number of aliphatic hydroxyl groups excluding tert-OH is 2. The molecule has 0 aromatic rings. The molecule has 0 aromatic carbocycles. The van der Waals surface area contributed by atoms with Crippen LogP contribution in [0, 0.1) is 5.92 Å². The Kier molecular flexibility index (Phi) is 5.01. The highest BCUT2D eigenvalue weighted by molar-refractivity contribution is 5.79. The quantitative estimate of drug-likeness (QED) is 0.483. The zero-order chi connectivity index (χ0) is 11.3. The van der Waals surface area contributed by atoms with Gasteiger partial charge in [0.1, 0.15) is 0 Å². The van der Waals surface area contributed by atoms with Crippen molar-refractivity contribution in [1.82, 2.24) is 5.32 Å². The first-order valence-corrected chi connectivity index (χ1v) is 5.45. The van der Waals surface area contributed by atoms with Crippen LogP contribution < -0.4 is 11.1 Å². The first kappa shape index (κ1) is 12.4. The van der Waals surface area contributed by atoms with E-state index < -0.39 is 6.04 Å². The van der Waals surface area contributed by atoms with E-state index >= 15 is 0 Å². The van der Waals surface area contributed by atoms with Gasteiger partial charge in [0.25, 0.3) is 0 Å². The van der Waals surface area contributed by atoms with Gasteiger partial charge >= 0.3 is 0 Å². The Bertz CT molecular complexity index is 207. The van der Waals surface area contributed by atoms with Gasteiger partial charge in [0.2, 0.25) is 5.91 Å². The molecule has 0 bridgehead atoms. The van der Waals surface area contributed by atoms with Gasteiger partial charge in [-0.15, -0.1) is 0 Å². The van der Waals surface area contributed by atoms with Crippen molar-refractivity contribution >= 4 is 5.91 Å². The Morgan fingerprint density at radius 2 is 2.07 bits per heavy atom. The van der Waals surface area contributed by atoms with E-state index in [1.165, 1.54) is 0 Å². The van der Waals surface area contributed by atoms with Gasteiger partial charge in [-0.25, -0.2) is 0 Å². The van der Waals surface area contributed by atoms with Crippen molar-refractivity contribution in [3.05, 3.63) is 0 Å². The lowest BCUT2D eigenvalue weighted by molar-refractivity contribution is -0.127. The third-order valence-electron chi connectivity index (χ3n) is 2.87. The molecular weight excluding hydrogens is 196 g/mol. The zero-order valence-corrected chi connectivity index (χ0v) is 8.85. The summed E-state index contributed by atoms with van der Waals surface area (Å²) in [5.41, 5.74) is 5.78. The van der Waals surface area contributed by atoms with Crippen molar-refractivity contribution in [2.75, 3.05) is 13.2 Å². The van der Waals surface area contributed by atoms with Crippen molar-refractivity contribution in [2.45, 2.75) is 37.8 Å². The fourth-order valence-corrected chi connectivity index (χ4v) is 1.93. The molecule has 2 atom stereocenters. The number of rotatable bonds is 4. The second-order valence-corrected chi connectivity index (χ2v) is 4.19. The first-order valence-electron chi connectivity index (χ1n) is 5.45. The predicted molar refractivity (Wildman–Crippen MR) is 56.0 cm³/mol. The van der Waals surface area contributed by atoms with Crippen LogP contribution in [0.1, 0.15) is 25.7 Å². The van der Waals surface area contributed by atoms with Gasteiger partial charge in [-0.2, -0.15) is 0 Å². The molecule has 0 aliphatic heterocycles. The highest BCUT2D eigenvalue weighted by atomic mass is 16.3. The average Bonchev–Trinajstić information content (AvgIpc) is 2.25. The second-order valence-electron chi connectivity index (χ2n) is 4.19. The maximum atomic E-state index is 11.7. The summed E-state index contributed by atoms with van der Waals surface area (Å²) in [7, 11) is 0. The highest BCUT2D eigenvalue weighted by Gasteiger charge is 2.26. The van der Waals surface area contributed by atoms with E-state index in [0.29, 0.717) is 6.42 Å². The second kappa shape index (κ2) is 6.05. The number of carbonyl (C=O) groups excluding carboxylic acids is 1. The van der Waals surface area contributed by atoms with E-state index in [4.69, 9.17) is 15.9 Å². The van der Waals surface area contributed by atoms with Gasteiger partial charge in [0.05, 0.1) is 19.3 Å². The first-order chi connectivity index (χ1) is 7.17. The molecule has 0 spiro atoms. The van der Waals surface area contributed by atoms with E-state index in [2.05, 4.69) is 5.32 Å². The van der Waals surface area contributed by atoms with E-state index in [0.717, 1.165) is 19.3 Å². The fraction of sp³-hybridized carbons (Fsp3) is 0.900. The SMILES string of the molecule is NC1CCCC(C(=O)NC(CO)CO)C1. The molecule has 0 radical (unpaired) electrons. The molecular formula is C10H20N2O3. The summed E-state index contributed by atoms with van der Waals surface area (Å²) in [6, 6.07) is -0.438. The molecule has 0 saturated heterocycles. The average molecular weight is 216 g/mol. The third-order valence-corrected chi connectivity index (χ3v) is 2.87. The summed E-state index contributed by atoms with van der Waals surface area (Å²) < 4.78 is 0. The topological polar surface area (TPSA) is 95.6 Å². The Morgan fingerprint density at radius 1 is 1.40 bits per heavy atom. The maximum Gasteiger partial charge on any atom is 0.223 e. The molecule has 1 fully saturated rings. The van der Waals surface area contributed by atoms with Crippen LogP contribution >= 0.6 is 0 Å². The fourth-order valence-electron chi connectivity index (χ4n) is 1.93. The molecule has 5 nitrogen and oxygen atoms in total. The molecule has 1 rings (SSSR count). The normalized spacial score (nSPS) is 26.7. The standard InChI is InChI=1S/C10H20N2O3/c11-8-3-1-2-7(4-8)10(15)12-9(5-13)6-14/h7-9,13-14H,1-6,11H2,(H,12,15). The lowest BCUT2D eigenvalue weighted by atomic mass is 9.85. The third kappa shape index (κ3) is 3.77. The summed E-state index contributed by atoms with van der Waals surface area (Å²) in [5, 5.41) is 20.3. The monoisotopic (exact) mass is 216 g/mol. The molecule has 2 unspecified atom stereocenters. The Morgan fingerprint density at radius 3 is 2.60 bits per heavy atom. The van der Waals surface area contributed by atoms with E-state index in [1.807, 2.05) is 0 Å². The Labute approximate surface area is 89.7 Å². The largest absolute Gasteiger partial charge is 0.394 e. The molecule has 1 aliphatic rings.